The third kappa shape index (κ3) is 3.21. The molecule has 4 N–H and O–H groups in total. The van der Waals surface area contributed by atoms with E-state index in [1.807, 2.05) is 31.3 Å². The zero-order valence-corrected chi connectivity index (χ0v) is 17.5. The second-order valence-electron chi connectivity index (χ2n) is 8.49. The van der Waals surface area contributed by atoms with Crippen molar-refractivity contribution in [2.24, 2.45) is 0 Å². The number of H-pyrrole nitrogens is 1. The second kappa shape index (κ2) is 7.18. The third-order valence-electron chi connectivity index (χ3n) is 6.19. The molecule has 5 nitrogen and oxygen atoms in total. The Morgan fingerprint density at radius 3 is 2.30 bits per heavy atom. The highest BCUT2D eigenvalue weighted by Crippen LogP contribution is 2.38. The normalized spacial score (nSPS) is 15.0. The lowest BCUT2D eigenvalue weighted by atomic mass is 9.72. The maximum absolute atomic E-state index is 5.02. The molecule has 5 rings (SSSR count). The number of aromatic nitrogens is 3. The number of aromatic amines is 1. The van der Waals surface area contributed by atoms with E-state index < -0.39 is 0 Å². The van der Waals surface area contributed by atoms with Gasteiger partial charge in [-0.25, -0.2) is 9.97 Å². The molecule has 0 radical (unpaired) electrons. The summed E-state index contributed by atoms with van der Waals surface area (Å²) in [5, 5.41) is 0.992. The van der Waals surface area contributed by atoms with Gasteiger partial charge >= 0.3 is 5.95 Å². The number of rotatable bonds is 4. The fraction of sp³-hybridized carbons (Fsp3) is 0.240. The van der Waals surface area contributed by atoms with Crippen molar-refractivity contribution in [1.82, 2.24) is 9.97 Å². The SMILES string of the molecule is CN(C)c1nc2nc(-c3ccc(C4([NH3+])CCC4)cc3)c(-c3ccccc3)cc2c[nH+]1. The Kier molecular flexibility index (Phi) is 4.48. The first-order valence-electron chi connectivity index (χ1n) is 10.5. The lowest BCUT2D eigenvalue weighted by Gasteiger charge is -2.34. The molecule has 2 aromatic heterocycles. The molecule has 0 saturated heterocycles. The number of pyridine rings is 1. The van der Waals surface area contributed by atoms with Crippen molar-refractivity contribution in [3.63, 3.8) is 0 Å². The zero-order chi connectivity index (χ0) is 20.7. The predicted octanol–water partition coefficient (Wildman–Crippen LogP) is 3.47. The van der Waals surface area contributed by atoms with Gasteiger partial charge in [0.05, 0.1) is 31.4 Å². The number of nitrogens with zero attached hydrogens (tertiary/aromatic N) is 3. The monoisotopic (exact) mass is 397 g/mol. The van der Waals surface area contributed by atoms with Crippen LogP contribution in [0.4, 0.5) is 5.95 Å². The summed E-state index contributed by atoms with van der Waals surface area (Å²) in [6, 6.07) is 21.4. The van der Waals surface area contributed by atoms with Crippen LogP contribution in [0.3, 0.4) is 0 Å². The number of nitrogens with one attached hydrogen (secondary N) is 1. The maximum atomic E-state index is 5.02. The Bertz CT molecular complexity index is 1200. The molecule has 0 atom stereocenters. The highest BCUT2D eigenvalue weighted by Gasteiger charge is 2.38. The van der Waals surface area contributed by atoms with Crippen LogP contribution in [0.2, 0.25) is 0 Å². The molecule has 150 valence electrons. The van der Waals surface area contributed by atoms with Crippen LogP contribution in [0.5, 0.6) is 0 Å². The van der Waals surface area contributed by atoms with Gasteiger partial charge in [-0.1, -0.05) is 59.6 Å². The van der Waals surface area contributed by atoms with Crippen LogP contribution in [0.15, 0.2) is 66.9 Å². The Balaban J connectivity index is 1.67. The molecule has 0 spiro atoms. The molecular formula is C25H27N5+2. The summed E-state index contributed by atoms with van der Waals surface area (Å²) in [6.45, 7) is 0. The summed E-state index contributed by atoms with van der Waals surface area (Å²) < 4.78 is 0. The van der Waals surface area contributed by atoms with Gasteiger partial charge in [-0.15, -0.1) is 0 Å². The molecule has 0 bridgehead atoms. The van der Waals surface area contributed by atoms with E-state index in [1.165, 1.54) is 24.8 Å². The number of hydrogen-bond donors (Lipinski definition) is 1. The molecule has 0 unspecified atom stereocenters. The van der Waals surface area contributed by atoms with E-state index in [2.05, 4.69) is 65.3 Å². The van der Waals surface area contributed by atoms with Crippen LogP contribution in [0, 0.1) is 0 Å². The Morgan fingerprint density at radius 1 is 0.933 bits per heavy atom. The van der Waals surface area contributed by atoms with E-state index in [1.54, 1.807) is 0 Å². The summed E-state index contributed by atoms with van der Waals surface area (Å²) in [6.07, 6.45) is 5.59. The van der Waals surface area contributed by atoms with Crippen LogP contribution in [0.1, 0.15) is 24.8 Å². The Morgan fingerprint density at radius 2 is 1.67 bits per heavy atom. The summed E-state index contributed by atoms with van der Waals surface area (Å²) >= 11 is 0. The van der Waals surface area contributed by atoms with Crippen molar-refractivity contribution in [3.05, 3.63) is 72.4 Å². The summed E-state index contributed by atoms with van der Waals surface area (Å²) in [7, 11) is 3.94. The summed E-state index contributed by atoms with van der Waals surface area (Å²) in [5.74, 6) is 0.785. The van der Waals surface area contributed by atoms with Gasteiger partial charge in [0.2, 0.25) is 5.65 Å². The lowest BCUT2D eigenvalue weighted by Crippen LogP contribution is -2.73. The van der Waals surface area contributed by atoms with Crippen molar-refractivity contribution in [1.29, 1.82) is 0 Å². The van der Waals surface area contributed by atoms with Gasteiger partial charge in [-0.05, 0) is 18.1 Å². The molecule has 2 aromatic carbocycles. The number of benzene rings is 2. The highest BCUT2D eigenvalue weighted by atomic mass is 15.2. The van der Waals surface area contributed by atoms with Gasteiger partial charge in [-0.2, -0.15) is 0 Å². The third-order valence-corrected chi connectivity index (χ3v) is 6.19. The maximum Gasteiger partial charge on any atom is 0.393 e. The van der Waals surface area contributed by atoms with Crippen molar-refractivity contribution >= 4 is 17.0 Å². The average molecular weight is 398 g/mol. The number of quaternary nitrogens is 1. The topological polar surface area (TPSA) is 70.8 Å². The van der Waals surface area contributed by atoms with E-state index in [0.717, 1.165) is 39.4 Å². The summed E-state index contributed by atoms with van der Waals surface area (Å²) in [4.78, 5) is 14.9. The largest absolute Gasteiger partial charge is 0.393 e. The quantitative estimate of drug-likeness (QED) is 0.573. The van der Waals surface area contributed by atoms with Crippen molar-refractivity contribution in [2.45, 2.75) is 24.8 Å². The van der Waals surface area contributed by atoms with E-state index in [9.17, 15) is 0 Å². The van der Waals surface area contributed by atoms with Crippen LogP contribution >= 0.6 is 0 Å². The van der Waals surface area contributed by atoms with Crippen LogP contribution in [-0.4, -0.2) is 24.1 Å². The average Bonchev–Trinajstić information content (AvgIpc) is 2.77. The number of hydrogen-bond acceptors (Lipinski definition) is 3. The fourth-order valence-corrected chi connectivity index (χ4v) is 4.15. The minimum atomic E-state index is 0.0929. The fourth-order valence-electron chi connectivity index (χ4n) is 4.15. The van der Waals surface area contributed by atoms with Crippen molar-refractivity contribution in [3.8, 4) is 22.4 Å². The molecular weight excluding hydrogens is 370 g/mol. The molecule has 1 aliphatic carbocycles. The standard InChI is InChI=1S/C25H25N5/c1-30(2)24-27-16-19-15-21(17-7-4-3-5-8-17)22(28-23(19)29-24)18-9-11-20(12-10-18)25(26)13-6-14-25/h3-5,7-12,15-16H,6,13-14,26H2,1-2H3/p+2. The number of anilines is 1. The van der Waals surface area contributed by atoms with Gasteiger partial charge in [0.15, 0.2) is 0 Å². The second-order valence-corrected chi connectivity index (χ2v) is 8.49. The van der Waals surface area contributed by atoms with E-state index in [4.69, 9.17) is 9.97 Å². The van der Waals surface area contributed by atoms with Crippen LogP contribution in [-0.2, 0) is 5.54 Å². The molecule has 1 fully saturated rings. The Hall–Kier alpha value is -3.31. The first kappa shape index (κ1) is 18.7. The van der Waals surface area contributed by atoms with Gasteiger partial charge in [0, 0.05) is 29.5 Å². The lowest BCUT2D eigenvalue weighted by molar-refractivity contribution is -0.509. The van der Waals surface area contributed by atoms with Crippen LogP contribution < -0.4 is 15.6 Å². The van der Waals surface area contributed by atoms with Gasteiger partial charge < -0.3 is 5.73 Å². The smallest absolute Gasteiger partial charge is 0.349 e. The van der Waals surface area contributed by atoms with Crippen molar-refractivity contribution < 1.29 is 10.7 Å². The first-order chi connectivity index (χ1) is 14.5. The number of fused-ring (bicyclic) bond motifs is 1. The predicted molar refractivity (Wildman–Crippen MR) is 120 cm³/mol. The molecule has 0 aliphatic heterocycles. The van der Waals surface area contributed by atoms with E-state index in [-0.39, 0.29) is 5.54 Å². The molecule has 0 amide bonds. The van der Waals surface area contributed by atoms with Crippen LogP contribution in [0.25, 0.3) is 33.4 Å². The first-order valence-corrected chi connectivity index (χ1v) is 10.5. The molecule has 4 aromatic rings. The van der Waals surface area contributed by atoms with E-state index in [0.29, 0.717) is 0 Å². The van der Waals surface area contributed by atoms with Gasteiger partial charge in [-0.3, -0.25) is 4.90 Å². The van der Waals surface area contributed by atoms with Gasteiger partial charge in [0.25, 0.3) is 0 Å². The highest BCUT2D eigenvalue weighted by molar-refractivity contribution is 5.89. The molecule has 2 heterocycles. The van der Waals surface area contributed by atoms with E-state index >= 15 is 0 Å². The Labute approximate surface area is 176 Å². The minimum absolute atomic E-state index is 0.0929. The van der Waals surface area contributed by atoms with Crippen molar-refractivity contribution in [2.75, 3.05) is 19.0 Å². The van der Waals surface area contributed by atoms with Gasteiger partial charge in [0.1, 0.15) is 5.54 Å². The zero-order valence-electron chi connectivity index (χ0n) is 17.5. The molecule has 1 saturated carbocycles. The summed E-state index contributed by atoms with van der Waals surface area (Å²) in [5.41, 5.74) is 10.9. The molecule has 30 heavy (non-hydrogen) atoms. The molecule has 5 heteroatoms. The molecule has 1 aliphatic rings. The minimum Gasteiger partial charge on any atom is -0.349 e.